The second-order valence-electron chi connectivity index (χ2n) is 6.72. The Bertz CT molecular complexity index is 910. The molecule has 0 radical (unpaired) electrons. The van der Waals surface area contributed by atoms with Gasteiger partial charge < -0.3 is 0 Å². The van der Waals surface area contributed by atoms with Crippen molar-refractivity contribution in [3.63, 3.8) is 0 Å². The minimum atomic E-state index is -0.298. The first-order valence-electron chi connectivity index (χ1n) is 8.61. The highest BCUT2D eigenvalue weighted by atomic mass is 35.5. The van der Waals surface area contributed by atoms with Gasteiger partial charge in [-0.3, -0.25) is 14.5 Å². The van der Waals surface area contributed by atoms with E-state index < -0.39 is 0 Å². The van der Waals surface area contributed by atoms with Gasteiger partial charge in [0.1, 0.15) is 0 Å². The number of carbonyl (C=O) groups is 2. The molecule has 1 aliphatic rings. The van der Waals surface area contributed by atoms with Crippen LogP contribution in [0.4, 0.5) is 0 Å². The Morgan fingerprint density at radius 3 is 2.33 bits per heavy atom. The van der Waals surface area contributed by atoms with Gasteiger partial charge in [-0.2, -0.15) is 0 Å². The molecule has 0 saturated carbocycles. The Balaban J connectivity index is 2.01. The van der Waals surface area contributed by atoms with E-state index in [4.69, 9.17) is 23.2 Å². The summed E-state index contributed by atoms with van der Waals surface area (Å²) in [7, 11) is 0. The number of halogens is 2. The molecule has 140 valence electrons. The third kappa shape index (κ3) is 4.40. The molecule has 0 saturated heterocycles. The topological polar surface area (TPSA) is 37.4 Å². The van der Waals surface area contributed by atoms with Gasteiger partial charge in [-0.15, -0.1) is 11.8 Å². The molecule has 0 unspecified atom stereocenters. The summed E-state index contributed by atoms with van der Waals surface area (Å²) in [6.45, 7) is 4.33. The summed E-state index contributed by atoms with van der Waals surface area (Å²) in [6.07, 6.45) is 0. The number of imide groups is 1. The monoisotopic (exact) mass is 419 g/mol. The molecule has 0 aliphatic carbocycles. The van der Waals surface area contributed by atoms with E-state index >= 15 is 0 Å². The van der Waals surface area contributed by atoms with E-state index in [9.17, 15) is 9.59 Å². The van der Waals surface area contributed by atoms with Crippen LogP contribution in [0.3, 0.4) is 0 Å². The molecule has 2 amide bonds. The quantitative estimate of drug-likeness (QED) is 0.566. The van der Waals surface area contributed by atoms with Crippen LogP contribution in [0.25, 0.3) is 5.57 Å². The first-order chi connectivity index (χ1) is 12.9. The molecule has 0 spiro atoms. The van der Waals surface area contributed by atoms with Crippen molar-refractivity contribution in [2.45, 2.75) is 19.6 Å². The minimum Gasteiger partial charge on any atom is -0.274 e. The first kappa shape index (κ1) is 20.0. The van der Waals surface area contributed by atoms with Gasteiger partial charge in [0.25, 0.3) is 11.8 Å². The van der Waals surface area contributed by atoms with Crippen molar-refractivity contribution < 1.29 is 9.59 Å². The number of hydrogen-bond donors (Lipinski definition) is 0. The second-order valence-corrected chi connectivity index (χ2v) is 8.55. The van der Waals surface area contributed by atoms with Crippen molar-refractivity contribution in [2.75, 3.05) is 6.54 Å². The predicted octanol–water partition coefficient (Wildman–Crippen LogP) is 5.66. The van der Waals surface area contributed by atoms with E-state index in [1.165, 1.54) is 16.7 Å². The maximum Gasteiger partial charge on any atom is 0.268 e. The maximum absolute atomic E-state index is 13.1. The summed E-state index contributed by atoms with van der Waals surface area (Å²) < 4.78 is 0. The van der Waals surface area contributed by atoms with Gasteiger partial charge in [-0.1, -0.05) is 73.4 Å². The van der Waals surface area contributed by atoms with Gasteiger partial charge in [0.05, 0.1) is 15.5 Å². The molecule has 1 heterocycles. The van der Waals surface area contributed by atoms with Crippen LogP contribution in [-0.4, -0.2) is 23.3 Å². The lowest BCUT2D eigenvalue weighted by atomic mass is 10.1. The molecule has 0 N–H and O–H groups in total. The Hall–Kier alpha value is -1.75. The van der Waals surface area contributed by atoms with Gasteiger partial charge in [-0.25, -0.2) is 0 Å². The van der Waals surface area contributed by atoms with Crippen LogP contribution >= 0.6 is 35.0 Å². The van der Waals surface area contributed by atoms with E-state index in [0.29, 0.717) is 38.4 Å². The Kier molecular flexibility index (Phi) is 6.30. The van der Waals surface area contributed by atoms with Crippen LogP contribution in [0.15, 0.2) is 53.4 Å². The molecule has 3 nitrogen and oxygen atoms in total. The van der Waals surface area contributed by atoms with E-state index in [2.05, 4.69) is 0 Å². The zero-order chi connectivity index (χ0) is 19.6. The summed E-state index contributed by atoms with van der Waals surface area (Å²) in [6, 6.07) is 14.8. The molecule has 0 atom stereocenters. The van der Waals surface area contributed by atoms with E-state index in [-0.39, 0.29) is 17.7 Å². The number of nitrogens with zero attached hydrogens (tertiary/aromatic N) is 1. The van der Waals surface area contributed by atoms with Crippen molar-refractivity contribution >= 4 is 52.4 Å². The fourth-order valence-corrected chi connectivity index (χ4v) is 4.46. The third-order valence-corrected chi connectivity index (χ3v) is 5.79. The van der Waals surface area contributed by atoms with E-state index in [1.54, 1.807) is 18.2 Å². The van der Waals surface area contributed by atoms with Gasteiger partial charge in [-0.05, 0) is 23.6 Å². The molecule has 2 aromatic carbocycles. The lowest BCUT2D eigenvalue weighted by Gasteiger charge is -2.17. The zero-order valence-corrected chi connectivity index (χ0v) is 17.4. The number of thioether (sulfide) groups is 1. The number of rotatable bonds is 6. The van der Waals surface area contributed by atoms with Gasteiger partial charge >= 0.3 is 0 Å². The average molecular weight is 420 g/mol. The predicted molar refractivity (Wildman–Crippen MR) is 113 cm³/mol. The lowest BCUT2D eigenvalue weighted by molar-refractivity contribution is -0.137. The highest BCUT2D eigenvalue weighted by molar-refractivity contribution is 8.03. The number of carbonyl (C=O) groups excluding carboxylic acids is 2. The molecule has 27 heavy (non-hydrogen) atoms. The Labute approximate surface area is 173 Å². The summed E-state index contributed by atoms with van der Waals surface area (Å²) in [5, 5.41) is 0.849. The summed E-state index contributed by atoms with van der Waals surface area (Å²) in [5.74, 6) is 0.224. The number of amides is 2. The summed E-state index contributed by atoms with van der Waals surface area (Å²) in [5.41, 5.74) is 1.99. The van der Waals surface area contributed by atoms with Crippen molar-refractivity contribution in [3.8, 4) is 0 Å². The van der Waals surface area contributed by atoms with Gasteiger partial charge in [0, 0.05) is 22.9 Å². The van der Waals surface area contributed by atoms with Gasteiger partial charge in [0.15, 0.2) is 0 Å². The fraction of sp³-hybridized carbons (Fsp3) is 0.238. The van der Waals surface area contributed by atoms with Crippen molar-refractivity contribution in [2.24, 2.45) is 5.92 Å². The molecule has 0 fully saturated rings. The fourth-order valence-electron chi connectivity index (χ4n) is 2.88. The second kappa shape index (κ2) is 8.51. The molecule has 2 aromatic rings. The largest absolute Gasteiger partial charge is 0.274 e. The Morgan fingerprint density at radius 1 is 1.00 bits per heavy atom. The van der Waals surface area contributed by atoms with Crippen LogP contribution < -0.4 is 0 Å². The van der Waals surface area contributed by atoms with Crippen molar-refractivity contribution in [3.05, 3.63) is 74.6 Å². The standard InChI is InChI=1S/C21H19Cl2NO2S/c1-13(2)11-24-20(25)18(16-9-8-15(22)10-17(16)23)19(21(24)26)27-12-14-6-4-3-5-7-14/h3-10,13H,11-12H2,1-2H3. The molecule has 0 bridgehead atoms. The zero-order valence-electron chi connectivity index (χ0n) is 15.0. The molecule has 1 aliphatic heterocycles. The number of benzene rings is 2. The minimum absolute atomic E-state index is 0.179. The van der Waals surface area contributed by atoms with Crippen molar-refractivity contribution in [1.29, 1.82) is 0 Å². The Morgan fingerprint density at radius 2 is 1.70 bits per heavy atom. The number of hydrogen-bond acceptors (Lipinski definition) is 3. The molecular formula is C21H19Cl2NO2S. The average Bonchev–Trinajstić information content (AvgIpc) is 2.85. The van der Waals surface area contributed by atoms with Crippen molar-refractivity contribution in [1.82, 2.24) is 4.90 Å². The van der Waals surface area contributed by atoms with Crippen LogP contribution in [-0.2, 0) is 15.3 Å². The first-order valence-corrected chi connectivity index (χ1v) is 10.3. The van der Waals surface area contributed by atoms with Crippen LogP contribution in [0.2, 0.25) is 10.0 Å². The highest BCUT2D eigenvalue weighted by Gasteiger charge is 2.39. The van der Waals surface area contributed by atoms with Crippen LogP contribution in [0.5, 0.6) is 0 Å². The van der Waals surface area contributed by atoms with E-state index in [0.717, 1.165) is 5.56 Å². The maximum atomic E-state index is 13.1. The SMILES string of the molecule is CC(C)CN1C(=O)C(SCc2ccccc2)=C(c2ccc(Cl)cc2Cl)C1=O. The highest BCUT2D eigenvalue weighted by Crippen LogP contribution is 2.40. The molecule has 0 aromatic heterocycles. The summed E-state index contributed by atoms with van der Waals surface area (Å²) >= 11 is 13.7. The molecular weight excluding hydrogens is 401 g/mol. The van der Waals surface area contributed by atoms with E-state index in [1.807, 2.05) is 44.2 Å². The van der Waals surface area contributed by atoms with Crippen LogP contribution in [0.1, 0.15) is 25.0 Å². The third-order valence-electron chi connectivity index (χ3n) is 4.10. The molecule has 3 rings (SSSR count). The lowest BCUT2D eigenvalue weighted by Crippen LogP contribution is -2.34. The van der Waals surface area contributed by atoms with Crippen LogP contribution in [0, 0.1) is 5.92 Å². The summed E-state index contributed by atoms with van der Waals surface area (Å²) in [4.78, 5) is 27.8. The normalized spacial score (nSPS) is 14.6. The molecule has 6 heteroatoms. The smallest absolute Gasteiger partial charge is 0.268 e. The van der Waals surface area contributed by atoms with Gasteiger partial charge in [0.2, 0.25) is 0 Å².